The Hall–Kier alpha value is -2.69. The quantitative estimate of drug-likeness (QED) is 0.766. The lowest BCUT2D eigenvalue weighted by Crippen LogP contribution is -1.91. The standard InChI is InChI=1S/C15H13FN4/c1-17-15-13(10-5-7-11(16)8-6-10)14(19-20-15)12-4-2-3-9-18-12/h2-9H,1H3,(H2,17,19,20). The third-order valence-electron chi connectivity index (χ3n) is 3.06. The lowest BCUT2D eigenvalue weighted by molar-refractivity contribution is 0.628. The van der Waals surface area contributed by atoms with Gasteiger partial charge in [0.25, 0.3) is 0 Å². The number of nitrogens with zero attached hydrogens (tertiary/aromatic N) is 2. The van der Waals surface area contributed by atoms with Crippen LogP contribution in [-0.4, -0.2) is 22.2 Å². The highest BCUT2D eigenvalue weighted by molar-refractivity contribution is 5.87. The van der Waals surface area contributed by atoms with Gasteiger partial charge in [-0.25, -0.2) is 4.39 Å². The zero-order chi connectivity index (χ0) is 13.9. The van der Waals surface area contributed by atoms with E-state index in [2.05, 4.69) is 20.5 Å². The summed E-state index contributed by atoms with van der Waals surface area (Å²) in [6.07, 6.45) is 1.73. The molecule has 3 aromatic rings. The van der Waals surface area contributed by atoms with Crippen molar-refractivity contribution in [2.75, 3.05) is 12.4 Å². The molecule has 4 nitrogen and oxygen atoms in total. The van der Waals surface area contributed by atoms with Gasteiger partial charge in [0.1, 0.15) is 5.82 Å². The van der Waals surface area contributed by atoms with E-state index in [-0.39, 0.29) is 5.82 Å². The van der Waals surface area contributed by atoms with E-state index in [4.69, 9.17) is 0 Å². The molecule has 0 aliphatic carbocycles. The van der Waals surface area contributed by atoms with Crippen molar-refractivity contribution in [2.45, 2.75) is 0 Å². The van der Waals surface area contributed by atoms with Crippen LogP contribution in [0.25, 0.3) is 22.5 Å². The maximum Gasteiger partial charge on any atom is 0.156 e. The molecule has 0 bridgehead atoms. The Labute approximate surface area is 115 Å². The predicted molar refractivity (Wildman–Crippen MR) is 76.8 cm³/mol. The molecule has 2 heterocycles. The Bertz CT molecular complexity index is 704. The minimum absolute atomic E-state index is 0.261. The Morgan fingerprint density at radius 1 is 1.10 bits per heavy atom. The average molecular weight is 268 g/mol. The second kappa shape index (κ2) is 5.13. The van der Waals surface area contributed by atoms with Gasteiger partial charge in [-0.2, -0.15) is 5.10 Å². The van der Waals surface area contributed by atoms with Crippen molar-refractivity contribution in [3.05, 3.63) is 54.5 Å². The number of H-pyrrole nitrogens is 1. The van der Waals surface area contributed by atoms with Crippen LogP contribution in [0.1, 0.15) is 0 Å². The number of pyridine rings is 1. The molecule has 0 saturated heterocycles. The highest BCUT2D eigenvalue weighted by Gasteiger charge is 2.16. The third-order valence-corrected chi connectivity index (χ3v) is 3.06. The number of aromatic amines is 1. The molecule has 0 spiro atoms. The summed E-state index contributed by atoms with van der Waals surface area (Å²) < 4.78 is 13.1. The number of aromatic nitrogens is 3. The van der Waals surface area contributed by atoms with Gasteiger partial charge < -0.3 is 5.32 Å². The molecule has 5 heteroatoms. The molecule has 2 aromatic heterocycles. The Morgan fingerprint density at radius 3 is 2.55 bits per heavy atom. The molecule has 0 unspecified atom stereocenters. The first kappa shape index (κ1) is 12.3. The van der Waals surface area contributed by atoms with Gasteiger partial charge in [-0.3, -0.25) is 10.1 Å². The second-order valence-electron chi connectivity index (χ2n) is 4.29. The number of hydrogen-bond donors (Lipinski definition) is 2. The van der Waals surface area contributed by atoms with Crippen LogP contribution in [0.4, 0.5) is 10.2 Å². The lowest BCUT2D eigenvalue weighted by atomic mass is 10.0. The fourth-order valence-corrected chi connectivity index (χ4v) is 2.12. The van der Waals surface area contributed by atoms with Gasteiger partial charge in [0, 0.05) is 13.2 Å². The molecule has 3 rings (SSSR count). The summed E-state index contributed by atoms with van der Waals surface area (Å²) in [5, 5.41) is 10.3. The van der Waals surface area contributed by atoms with E-state index < -0.39 is 0 Å². The van der Waals surface area contributed by atoms with E-state index in [0.717, 1.165) is 22.5 Å². The first-order chi connectivity index (χ1) is 9.79. The largest absolute Gasteiger partial charge is 0.371 e. The summed E-state index contributed by atoms with van der Waals surface area (Å²) in [6, 6.07) is 12.0. The van der Waals surface area contributed by atoms with E-state index in [0.29, 0.717) is 5.82 Å². The minimum Gasteiger partial charge on any atom is -0.371 e. The van der Waals surface area contributed by atoms with Gasteiger partial charge in [-0.15, -0.1) is 0 Å². The van der Waals surface area contributed by atoms with Crippen molar-refractivity contribution in [1.29, 1.82) is 0 Å². The highest BCUT2D eigenvalue weighted by Crippen LogP contribution is 2.34. The number of hydrogen-bond acceptors (Lipinski definition) is 3. The number of benzene rings is 1. The van der Waals surface area contributed by atoms with Gasteiger partial charge in [0.2, 0.25) is 0 Å². The zero-order valence-electron chi connectivity index (χ0n) is 10.9. The molecule has 100 valence electrons. The molecule has 20 heavy (non-hydrogen) atoms. The van der Waals surface area contributed by atoms with Crippen LogP contribution < -0.4 is 5.32 Å². The van der Waals surface area contributed by atoms with Crippen molar-refractivity contribution < 1.29 is 4.39 Å². The van der Waals surface area contributed by atoms with Crippen molar-refractivity contribution in [3.63, 3.8) is 0 Å². The van der Waals surface area contributed by atoms with E-state index in [1.165, 1.54) is 12.1 Å². The maximum atomic E-state index is 13.1. The monoisotopic (exact) mass is 268 g/mol. The summed E-state index contributed by atoms with van der Waals surface area (Å²) in [5.74, 6) is 0.444. The number of anilines is 1. The van der Waals surface area contributed by atoms with E-state index in [9.17, 15) is 4.39 Å². The molecule has 0 radical (unpaired) electrons. The van der Waals surface area contributed by atoms with Crippen LogP contribution in [0, 0.1) is 5.82 Å². The Morgan fingerprint density at radius 2 is 1.90 bits per heavy atom. The molecule has 0 atom stereocenters. The molecular formula is C15H13FN4. The van der Waals surface area contributed by atoms with Gasteiger partial charge >= 0.3 is 0 Å². The van der Waals surface area contributed by atoms with Crippen molar-refractivity contribution in [2.24, 2.45) is 0 Å². The highest BCUT2D eigenvalue weighted by atomic mass is 19.1. The molecule has 2 N–H and O–H groups in total. The van der Waals surface area contributed by atoms with Crippen LogP contribution in [0.2, 0.25) is 0 Å². The zero-order valence-corrected chi connectivity index (χ0v) is 10.9. The summed E-state index contributed by atoms with van der Waals surface area (Å²) in [6.45, 7) is 0. The Balaban J connectivity index is 2.18. The fourth-order valence-electron chi connectivity index (χ4n) is 2.12. The van der Waals surface area contributed by atoms with Gasteiger partial charge in [0.05, 0.1) is 17.0 Å². The first-order valence-corrected chi connectivity index (χ1v) is 6.23. The van der Waals surface area contributed by atoms with Gasteiger partial charge in [-0.1, -0.05) is 18.2 Å². The van der Waals surface area contributed by atoms with Crippen LogP contribution in [-0.2, 0) is 0 Å². The number of rotatable bonds is 3. The van der Waals surface area contributed by atoms with Crippen LogP contribution >= 0.6 is 0 Å². The summed E-state index contributed by atoms with van der Waals surface area (Å²) in [5.41, 5.74) is 3.36. The minimum atomic E-state index is -0.261. The van der Waals surface area contributed by atoms with E-state index in [1.54, 1.807) is 25.4 Å². The topological polar surface area (TPSA) is 53.6 Å². The summed E-state index contributed by atoms with van der Waals surface area (Å²) >= 11 is 0. The van der Waals surface area contributed by atoms with E-state index >= 15 is 0 Å². The van der Waals surface area contributed by atoms with Gasteiger partial charge in [0.15, 0.2) is 5.82 Å². The smallest absolute Gasteiger partial charge is 0.156 e. The molecule has 0 aliphatic heterocycles. The van der Waals surface area contributed by atoms with Crippen molar-refractivity contribution in [1.82, 2.24) is 15.2 Å². The number of halogens is 1. The second-order valence-corrected chi connectivity index (χ2v) is 4.29. The van der Waals surface area contributed by atoms with Gasteiger partial charge in [-0.05, 0) is 29.8 Å². The summed E-state index contributed by atoms with van der Waals surface area (Å²) in [7, 11) is 1.80. The van der Waals surface area contributed by atoms with Crippen molar-refractivity contribution in [3.8, 4) is 22.5 Å². The van der Waals surface area contributed by atoms with Crippen LogP contribution in [0.15, 0.2) is 48.7 Å². The molecular weight excluding hydrogens is 255 g/mol. The van der Waals surface area contributed by atoms with Crippen LogP contribution in [0.5, 0.6) is 0 Å². The lowest BCUT2D eigenvalue weighted by Gasteiger charge is -2.05. The molecule has 0 saturated carbocycles. The SMILES string of the molecule is CNc1n[nH]c(-c2ccccn2)c1-c1ccc(F)cc1. The number of nitrogens with one attached hydrogen (secondary N) is 2. The van der Waals surface area contributed by atoms with E-state index in [1.807, 2.05) is 18.2 Å². The molecule has 0 aliphatic rings. The normalized spacial score (nSPS) is 10.5. The third kappa shape index (κ3) is 2.14. The Kier molecular flexibility index (Phi) is 3.16. The van der Waals surface area contributed by atoms with Crippen molar-refractivity contribution >= 4 is 5.82 Å². The fraction of sp³-hybridized carbons (Fsp3) is 0.0667. The molecule has 1 aromatic carbocycles. The molecule has 0 fully saturated rings. The summed E-state index contributed by atoms with van der Waals surface area (Å²) in [4.78, 5) is 4.33. The maximum absolute atomic E-state index is 13.1. The average Bonchev–Trinajstić information content (AvgIpc) is 2.93. The van der Waals surface area contributed by atoms with Crippen LogP contribution in [0.3, 0.4) is 0 Å². The first-order valence-electron chi connectivity index (χ1n) is 6.23. The molecule has 0 amide bonds. The predicted octanol–water partition coefficient (Wildman–Crippen LogP) is 3.32.